The van der Waals surface area contributed by atoms with Gasteiger partial charge in [-0.15, -0.1) is 0 Å². The van der Waals surface area contributed by atoms with Crippen LogP contribution in [0.4, 0.5) is 11.4 Å². The number of benzene rings is 1. The molecule has 1 rings (SSSR count). The third kappa shape index (κ3) is 5.61. The van der Waals surface area contributed by atoms with Crippen LogP contribution in [-0.4, -0.2) is 26.5 Å². The molecule has 0 aliphatic heterocycles. The van der Waals surface area contributed by atoms with Gasteiger partial charge in [0.05, 0.1) is 0 Å². The van der Waals surface area contributed by atoms with E-state index in [0.717, 1.165) is 30.6 Å². The van der Waals surface area contributed by atoms with Crippen LogP contribution >= 0.6 is 0 Å². The van der Waals surface area contributed by atoms with E-state index in [2.05, 4.69) is 12.2 Å². The lowest BCUT2D eigenvalue weighted by Gasteiger charge is -2.15. The number of anilines is 2. The van der Waals surface area contributed by atoms with Gasteiger partial charge in [-0.25, -0.2) is 0 Å². The lowest BCUT2D eigenvalue weighted by molar-refractivity contribution is -0.116. The Kier molecular flexibility index (Phi) is 7.09. The number of amides is 1. The highest BCUT2D eigenvalue weighted by atomic mass is 16.1. The van der Waals surface area contributed by atoms with Crippen LogP contribution in [0.15, 0.2) is 24.3 Å². The van der Waals surface area contributed by atoms with Gasteiger partial charge in [-0.2, -0.15) is 0 Å². The van der Waals surface area contributed by atoms with Crippen molar-refractivity contribution in [3.05, 3.63) is 24.3 Å². The molecule has 0 spiro atoms. The van der Waals surface area contributed by atoms with Gasteiger partial charge in [0, 0.05) is 31.9 Å². The predicted molar refractivity (Wildman–Crippen MR) is 86.1 cm³/mol. The maximum atomic E-state index is 12.0. The lowest BCUT2D eigenvalue weighted by atomic mass is 9.96. The largest absolute Gasteiger partial charge is 0.378 e. The van der Waals surface area contributed by atoms with Crippen molar-refractivity contribution in [2.75, 3.05) is 30.9 Å². The summed E-state index contributed by atoms with van der Waals surface area (Å²) in [7, 11) is 3.97. The molecular formula is C16H27N3O. The number of nitrogens with two attached hydrogens (primary N) is 1. The fourth-order valence-electron chi connectivity index (χ4n) is 2.21. The standard InChI is InChI=1S/C16H27N3O/c1-4-13(10-11-17)8-9-16(20)18-14-6-5-7-15(12-14)19(2)3/h5-7,12-13H,4,8-11,17H2,1-3H3,(H,18,20). The molecule has 1 aromatic rings. The molecular weight excluding hydrogens is 250 g/mol. The SMILES string of the molecule is CCC(CCN)CCC(=O)Nc1cccc(N(C)C)c1. The molecule has 4 heteroatoms. The molecule has 0 aliphatic rings. The Labute approximate surface area is 122 Å². The van der Waals surface area contributed by atoms with E-state index in [-0.39, 0.29) is 5.91 Å². The Bertz CT molecular complexity index is 418. The quantitative estimate of drug-likeness (QED) is 0.768. The van der Waals surface area contributed by atoms with E-state index >= 15 is 0 Å². The van der Waals surface area contributed by atoms with Gasteiger partial charge in [0.15, 0.2) is 0 Å². The van der Waals surface area contributed by atoms with Crippen LogP contribution in [0.25, 0.3) is 0 Å². The Morgan fingerprint density at radius 1 is 1.35 bits per heavy atom. The maximum absolute atomic E-state index is 12.0. The summed E-state index contributed by atoms with van der Waals surface area (Å²) in [5, 5.41) is 2.96. The van der Waals surface area contributed by atoms with Gasteiger partial charge in [-0.3, -0.25) is 4.79 Å². The molecule has 0 heterocycles. The number of rotatable bonds is 8. The molecule has 20 heavy (non-hydrogen) atoms. The van der Waals surface area contributed by atoms with Crippen LogP contribution in [-0.2, 0) is 4.79 Å². The van der Waals surface area contributed by atoms with Crippen molar-refractivity contribution in [2.24, 2.45) is 11.7 Å². The topological polar surface area (TPSA) is 58.4 Å². The summed E-state index contributed by atoms with van der Waals surface area (Å²) in [4.78, 5) is 14.0. The number of hydrogen-bond donors (Lipinski definition) is 2. The van der Waals surface area contributed by atoms with Gasteiger partial charge in [0.2, 0.25) is 5.91 Å². The third-order valence-corrected chi connectivity index (χ3v) is 3.58. The summed E-state index contributed by atoms with van der Waals surface area (Å²) >= 11 is 0. The number of nitrogens with one attached hydrogen (secondary N) is 1. The van der Waals surface area contributed by atoms with E-state index in [9.17, 15) is 4.79 Å². The molecule has 0 saturated heterocycles. The van der Waals surface area contributed by atoms with Crippen molar-refractivity contribution in [3.8, 4) is 0 Å². The molecule has 1 unspecified atom stereocenters. The molecule has 1 amide bonds. The second-order valence-corrected chi connectivity index (χ2v) is 5.38. The first-order valence-electron chi connectivity index (χ1n) is 7.34. The van der Waals surface area contributed by atoms with Crippen LogP contribution in [0.5, 0.6) is 0 Å². The number of nitrogens with zero attached hydrogens (tertiary/aromatic N) is 1. The summed E-state index contributed by atoms with van der Waals surface area (Å²) in [6.07, 6.45) is 3.55. The summed E-state index contributed by atoms with van der Waals surface area (Å²) in [5.74, 6) is 0.634. The molecule has 0 aliphatic carbocycles. The van der Waals surface area contributed by atoms with Crippen molar-refractivity contribution in [3.63, 3.8) is 0 Å². The van der Waals surface area contributed by atoms with E-state index in [1.54, 1.807) is 0 Å². The highest BCUT2D eigenvalue weighted by Gasteiger charge is 2.09. The minimum absolute atomic E-state index is 0.0800. The van der Waals surface area contributed by atoms with Gasteiger partial charge in [-0.1, -0.05) is 19.4 Å². The first kappa shape index (κ1) is 16.5. The predicted octanol–water partition coefficient (Wildman–Crippen LogP) is 2.85. The average molecular weight is 277 g/mol. The maximum Gasteiger partial charge on any atom is 0.224 e. The average Bonchev–Trinajstić information content (AvgIpc) is 2.43. The van der Waals surface area contributed by atoms with Crippen LogP contribution < -0.4 is 16.0 Å². The smallest absolute Gasteiger partial charge is 0.224 e. The van der Waals surface area contributed by atoms with Crippen molar-refractivity contribution >= 4 is 17.3 Å². The lowest BCUT2D eigenvalue weighted by Crippen LogP contribution is -2.15. The minimum atomic E-state index is 0.0800. The molecule has 0 fully saturated rings. The number of carbonyl (C=O) groups excluding carboxylic acids is 1. The second kappa shape index (κ2) is 8.59. The zero-order valence-corrected chi connectivity index (χ0v) is 12.9. The molecule has 4 nitrogen and oxygen atoms in total. The summed E-state index contributed by atoms with van der Waals surface area (Å²) < 4.78 is 0. The zero-order chi connectivity index (χ0) is 15.0. The van der Waals surface area contributed by atoms with Gasteiger partial charge < -0.3 is 16.0 Å². The van der Waals surface area contributed by atoms with Crippen molar-refractivity contribution in [1.29, 1.82) is 0 Å². The Hall–Kier alpha value is -1.55. The van der Waals surface area contributed by atoms with Crippen LogP contribution in [0.1, 0.15) is 32.6 Å². The van der Waals surface area contributed by atoms with E-state index < -0.39 is 0 Å². The molecule has 0 radical (unpaired) electrons. The van der Waals surface area contributed by atoms with Gasteiger partial charge in [0.1, 0.15) is 0 Å². The van der Waals surface area contributed by atoms with E-state index in [1.165, 1.54) is 0 Å². The zero-order valence-electron chi connectivity index (χ0n) is 12.9. The Morgan fingerprint density at radius 3 is 2.70 bits per heavy atom. The van der Waals surface area contributed by atoms with Crippen molar-refractivity contribution < 1.29 is 4.79 Å². The Balaban J connectivity index is 2.47. The van der Waals surface area contributed by atoms with E-state index in [4.69, 9.17) is 5.73 Å². The first-order chi connectivity index (χ1) is 9.56. The molecule has 0 aromatic heterocycles. The van der Waals surface area contributed by atoms with Crippen LogP contribution in [0.3, 0.4) is 0 Å². The normalized spacial score (nSPS) is 12.0. The molecule has 112 valence electrons. The Morgan fingerprint density at radius 2 is 2.10 bits per heavy atom. The van der Waals surface area contributed by atoms with Gasteiger partial charge in [-0.05, 0) is 43.5 Å². The molecule has 1 aromatic carbocycles. The number of hydrogen-bond acceptors (Lipinski definition) is 3. The van der Waals surface area contributed by atoms with Crippen molar-refractivity contribution in [1.82, 2.24) is 0 Å². The molecule has 0 saturated carbocycles. The highest BCUT2D eigenvalue weighted by Crippen LogP contribution is 2.19. The fraction of sp³-hybridized carbons (Fsp3) is 0.562. The molecule has 3 N–H and O–H groups in total. The van der Waals surface area contributed by atoms with Crippen LogP contribution in [0.2, 0.25) is 0 Å². The summed E-state index contributed by atoms with van der Waals surface area (Å²) in [5.41, 5.74) is 7.51. The van der Waals surface area contributed by atoms with Gasteiger partial charge in [0.25, 0.3) is 0 Å². The highest BCUT2D eigenvalue weighted by molar-refractivity contribution is 5.91. The minimum Gasteiger partial charge on any atom is -0.378 e. The molecule has 1 atom stereocenters. The monoisotopic (exact) mass is 277 g/mol. The van der Waals surface area contributed by atoms with E-state index in [0.29, 0.717) is 18.9 Å². The fourth-order valence-corrected chi connectivity index (χ4v) is 2.21. The summed E-state index contributed by atoms with van der Waals surface area (Å²) in [6, 6.07) is 7.87. The van der Waals surface area contributed by atoms with Crippen molar-refractivity contribution in [2.45, 2.75) is 32.6 Å². The van der Waals surface area contributed by atoms with E-state index in [1.807, 2.05) is 43.3 Å². The number of carbonyl (C=O) groups is 1. The third-order valence-electron chi connectivity index (χ3n) is 3.58. The van der Waals surface area contributed by atoms with Gasteiger partial charge >= 0.3 is 0 Å². The first-order valence-corrected chi connectivity index (χ1v) is 7.34. The van der Waals surface area contributed by atoms with Crippen LogP contribution in [0, 0.1) is 5.92 Å². The summed E-state index contributed by atoms with van der Waals surface area (Å²) in [6.45, 7) is 2.85. The second-order valence-electron chi connectivity index (χ2n) is 5.38. The molecule has 0 bridgehead atoms.